The lowest BCUT2D eigenvalue weighted by Gasteiger charge is -2.14. The maximum Gasteiger partial charge on any atom is 0.320 e. The lowest BCUT2D eigenvalue weighted by atomic mass is 10.1. The summed E-state index contributed by atoms with van der Waals surface area (Å²) in [7, 11) is 0. The van der Waals surface area contributed by atoms with Crippen molar-refractivity contribution in [1.82, 2.24) is 20.5 Å². The quantitative estimate of drug-likeness (QED) is 0.675. The van der Waals surface area contributed by atoms with E-state index in [9.17, 15) is 9.18 Å². The molecule has 128 valence electrons. The number of hydrogen-bond donors (Lipinski definition) is 3. The lowest BCUT2D eigenvalue weighted by molar-refractivity contribution is 0.249. The summed E-state index contributed by atoms with van der Waals surface area (Å²) in [5.74, 6) is 0.693. The molecule has 3 N–H and O–H groups in total. The Hall–Kier alpha value is -2.96. The van der Waals surface area contributed by atoms with E-state index in [2.05, 4.69) is 25.8 Å². The van der Waals surface area contributed by atoms with Gasteiger partial charge in [0.1, 0.15) is 11.6 Å². The zero-order valence-corrected chi connectivity index (χ0v) is 13.7. The highest BCUT2D eigenvalue weighted by molar-refractivity contribution is 5.91. The Morgan fingerprint density at radius 2 is 2.08 bits per heavy atom. The molecule has 0 radical (unpaired) electrons. The molecule has 2 heterocycles. The van der Waals surface area contributed by atoms with Crippen LogP contribution in [0.25, 0.3) is 10.9 Å². The van der Waals surface area contributed by atoms with Crippen molar-refractivity contribution in [2.75, 3.05) is 5.32 Å². The number of pyridine rings is 1. The van der Waals surface area contributed by atoms with Crippen LogP contribution in [0.5, 0.6) is 0 Å². The fourth-order valence-electron chi connectivity index (χ4n) is 2.86. The molecular weight excluding hydrogens is 321 g/mol. The van der Waals surface area contributed by atoms with Gasteiger partial charge in [0.15, 0.2) is 0 Å². The van der Waals surface area contributed by atoms with Crippen molar-refractivity contribution in [1.29, 1.82) is 0 Å². The predicted octanol–water partition coefficient (Wildman–Crippen LogP) is 3.86. The Bertz CT molecular complexity index is 917. The molecule has 6 nitrogen and oxygen atoms in total. The van der Waals surface area contributed by atoms with Crippen LogP contribution in [0.15, 0.2) is 36.5 Å². The van der Waals surface area contributed by atoms with Crippen LogP contribution in [0.2, 0.25) is 0 Å². The topological polar surface area (TPSA) is 82.7 Å². The largest absolute Gasteiger partial charge is 0.331 e. The van der Waals surface area contributed by atoms with Gasteiger partial charge in [0.2, 0.25) is 0 Å². The normalized spacial score (nSPS) is 15.1. The number of fused-ring (bicyclic) bond motifs is 1. The fraction of sp³-hybridized carbons (Fsp3) is 0.278. The summed E-state index contributed by atoms with van der Waals surface area (Å²) in [5.41, 5.74) is 2.74. The van der Waals surface area contributed by atoms with Crippen LogP contribution < -0.4 is 10.6 Å². The van der Waals surface area contributed by atoms with Crippen LogP contribution in [0.3, 0.4) is 0 Å². The van der Waals surface area contributed by atoms with Crippen molar-refractivity contribution >= 4 is 22.8 Å². The van der Waals surface area contributed by atoms with E-state index < -0.39 is 0 Å². The molecule has 0 bridgehead atoms. The van der Waals surface area contributed by atoms with E-state index in [-0.39, 0.29) is 17.9 Å². The van der Waals surface area contributed by atoms with E-state index in [4.69, 9.17) is 0 Å². The molecule has 0 aliphatic heterocycles. The SMILES string of the molecule is C[C@@H](NC(=O)Nc1cc2n[nH]c(C3CC3)c2cn1)c1ccc(F)cc1. The van der Waals surface area contributed by atoms with Gasteiger partial charge in [0.25, 0.3) is 0 Å². The third kappa shape index (κ3) is 3.31. The molecule has 3 aromatic rings. The first kappa shape index (κ1) is 15.6. The number of nitrogens with zero attached hydrogens (tertiary/aromatic N) is 2. The second-order valence-electron chi connectivity index (χ2n) is 6.37. The number of amides is 2. The minimum absolute atomic E-state index is 0.254. The van der Waals surface area contributed by atoms with Crippen molar-refractivity contribution in [3.63, 3.8) is 0 Å². The first-order valence-electron chi connectivity index (χ1n) is 8.27. The number of halogens is 1. The zero-order chi connectivity index (χ0) is 17.4. The Morgan fingerprint density at radius 3 is 2.80 bits per heavy atom. The molecule has 1 atom stereocenters. The highest BCUT2D eigenvalue weighted by Gasteiger charge is 2.27. The first-order chi connectivity index (χ1) is 12.1. The van der Waals surface area contributed by atoms with Gasteiger partial charge in [-0.15, -0.1) is 0 Å². The third-order valence-electron chi connectivity index (χ3n) is 4.41. The summed E-state index contributed by atoms with van der Waals surface area (Å²) in [6.45, 7) is 1.83. The van der Waals surface area contributed by atoms with E-state index in [0.717, 1.165) is 22.2 Å². The maximum absolute atomic E-state index is 13.0. The number of nitrogens with one attached hydrogen (secondary N) is 3. The van der Waals surface area contributed by atoms with Crippen molar-refractivity contribution < 1.29 is 9.18 Å². The number of anilines is 1. The Kier molecular flexibility index (Phi) is 3.83. The van der Waals surface area contributed by atoms with Crippen molar-refractivity contribution in [2.45, 2.75) is 31.7 Å². The summed E-state index contributed by atoms with van der Waals surface area (Å²) in [6.07, 6.45) is 4.10. The van der Waals surface area contributed by atoms with E-state index in [1.54, 1.807) is 24.4 Å². The highest BCUT2D eigenvalue weighted by Crippen LogP contribution is 2.41. The van der Waals surface area contributed by atoms with Crippen LogP contribution in [-0.4, -0.2) is 21.2 Å². The minimum atomic E-state index is -0.373. The number of hydrogen-bond acceptors (Lipinski definition) is 3. The van der Waals surface area contributed by atoms with E-state index in [1.807, 2.05) is 6.92 Å². The molecule has 0 unspecified atom stereocenters. The van der Waals surface area contributed by atoms with Gasteiger partial charge in [-0.25, -0.2) is 14.2 Å². The molecule has 7 heteroatoms. The van der Waals surface area contributed by atoms with Gasteiger partial charge in [0, 0.05) is 29.3 Å². The second-order valence-corrected chi connectivity index (χ2v) is 6.37. The van der Waals surface area contributed by atoms with Crippen molar-refractivity contribution in [3.8, 4) is 0 Å². The summed E-state index contributed by atoms with van der Waals surface area (Å²) in [6, 6.07) is 7.16. The van der Waals surface area contributed by atoms with Crippen LogP contribution >= 0.6 is 0 Å². The first-order valence-corrected chi connectivity index (χ1v) is 8.27. The molecule has 1 aliphatic carbocycles. The highest BCUT2D eigenvalue weighted by atomic mass is 19.1. The fourth-order valence-corrected chi connectivity index (χ4v) is 2.86. The number of H-pyrrole nitrogens is 1. The van der Waals surface area contributed by atoms with E-state index in [0.29, 0.717) is 11.7 Å². The molecule has 0 saturated heterocycles. The molecule has 25 heavy (non-hydrogen) atoms. The van der Waals surface area contributed by atoms with Crippen LogP contribution in [0, 0.1) is 5.82 Å². The van der Waals surface area contributed by atoms with Gasteiger partial charge in [-0.3, -0.25) is 10.4 Å². The summed E-state index contributed by atoms with van der Waals surface area (Å²) >= 11 is 0. The number of aromatic amines is 1. The van der Waals surface area contributed by atoms with Gasteiger partial charge >= 0.3 is 6.03 Å². The van der Waals surface area contributed by atoms with Gasteiger partial charge in [-0.1, -0.05) is 12.1 Å². The third-order valence-corrected chi connectivity index (χ3v) is 4.41. The molecule has 1 aromatic carbocycles. The molecule has 1 aliphatic rings. The number of rotatable bonds is 4. The van der Waals surface area contributed by atoms with E-state index in [1.165, 1.54) is 25.0 Å². The Labute approximate surface area is 143 Å². The average Bonchev–Trinajstić information content (AvgIpc) is 3.35. The van der Waals surface area contributed by atoms with Crippen LogP contribution in [0.1, 0.15) is 43.0 Å². The molecule has 0 spiro atoms. The van der Waals surface area contributed by atoms with Gasteiger partial charge in [-0.2, -0.15) is 5.10 Å². The monoisotopic (exact) mass is 339 g/mol. The number of carbonyl (C=O) groups excluding carboxylic acids is 1. The minimum Gasteiger partial charge on any atom is -0.331 e. The molecular formula is C18H18FN5O. The standard InChI is InChI=1S/C18H18FN5O/c1-10(11-4-6-13(19)7-5-11)21-18(25)22-16-8-15-14(9-20-16)17(24-23-15)12-2-3-12/h4-10,12H,2-3H2,1H3,(H,23,24)(H2,20,21,22,25)/t10-/m1/s1. The number of benzene rings is 1. The van der Waals surface area contributed by atoms with Crippen molar-refractivity contribution in [2.24, 2.45) is 0 Å². The number of aromatic nitrogens is 3. The Balaban J connectivity index is 1.43. The predicted molar refractivity (Wildman–Crippen MR) is 92.8 cm³/mol. The molecule has 4 rings (SSSR count). The smallest absolute Gasteiger partial charge is 0.320 e. The maximum atomic E-state index is 13.0. The van der Waals surface area contributed by atoms with Crippen LogP contribution in [-0.2, 0) is 0 Å². The lowest BCUT2D eigenvalue weighted by Crippen LogP contribution is -2.31. The second kappa shape index (κ2) is 6.16. The van der Waals surface area contributed by atoms with E-state index >= 15 is 0 Å². The van der Waals surface area contributed by atoms with Gasteiger partial charge in [-0.05, 0) is 37.5 Å². The van der Waals surface area contributed by atoms with Crippen LogP contribution in [0.4, 0.5) is 15.0 Å². The molecule has 2 aromatic heterocycles. The molecule has 1 fully saturated rings. The summed E-state index contributed by atoms with van der Waals surface area (Å²) < 4.78 is 13.0. The zero-order valence-electron chi connectivity index (χ0n) is 13.7. The number of urea groups is 1. The summed E-state index contributed by atoms with van der Waals surface area (Å²) in [4.78, 5) is 16.5. The molecule has 1 saturated carbocycles. The van der Waals surface area contributed by atoms with Crippen molar-refractivity contribution in [3.05, 3.63) is 53.6 Å². The summed E-state index contributed by atoms with van der Waals surface area (Å²) in [5, 5.41) is 13.9. The Morgan fingerprint density at radius 1 is 1.32 bits per heavy atom. The molecule has 2 amide bonds. The average molecular weight is 339 g/mol. The van der Waals surface area contributed by atoms with Gasteiger partial charge < -0.3 is 5.32 Å². The number of carbonyl (C=O) groups is 1. The van der Waals surface area contributed by atoms with Gasteiger partial charge in [0.05, 0.1) is 11.6 Å².